The minimum absolute atomic E-state index is 0.141. The topological polar surface area (TPSA) is 40.5 Å². The maximum absolute atomic E-state index is 10.7. The maximum atomic E-state index is 10.7. The summed E-state index contributed by atoms with van der Waals surface area (Å²) < 4.78 is 0.736. The van der Waals surface area contributed by atoms with Crippen molar-refractivity contribution in [2.24, 2.45) is 5.92 Å². The van der Waals surface area contributed by atoms with Gasteiger partial charge in [-0.15, -0.1) is 11.3 Å². The van der Waals surface area contributed by atoms with E-state index in [0.717, 1.165) is 15.8 Å². The van der Waals surface area contributed by atoms with E-state index in [2.05, 4.69) is 0 Å². The van der Waals surface area contributed by atoms with Gasteiger partial charge in [0.25, 0.3) is 0 Å². The number of thiophene rings is 1. The lowest BCUT2D eigenvalue weighted by molar-refractivity contribution is -0.138. The molecule has 14 heavy (non-hydrogen) atoms. The molecule has 1 N–H and O–H groups in total. The summed E-state index contributed by atoms with van der Waals surface area (Å²) in [7, 11) is 1.91. The Balaban J connectivity index is 2.04. The van der Waals surface area contributed by atoms with Crippen molar-refractivity contribution in [2.45, 2.75) is 12.5 Å². The van der Waals surface area contributed by atoms with Gasteiger partial charge < -0.3 is 10.0 Å². The van der Waals surface area contributed by atoms with Gasteiger partial charge in [-0.2, -0.15) is 0 Å². The predicted octanol–water partition coefficient (Wildman–Crippen LogP) is 2.31. The van der Waals surface area contributed by atoms with Crippen LogP contribution in [0.25, 0.3) is 0 Å². The van der Waals surface area contributed by atoms with Crippen molar-refractivity contribution in [1.82, 2.24) is 0 Å². The first-order valence-electron chi connectivity index (χ1n) is 4.30. The molecule has 0 saturated heterocycles. The van der Waals surface area contributed by atoms with Crippen LogP contribution in [0.3, 0.4) is 0 Å². The lowest BCUT2D eigenvalue weighted by atomic mass is 10.4. The van der Waals surface area contributed by atoms with E-state index >= 15 is 0 Å². The molecule has 0 radical (unpaired) electrons. The van der Waals surface area contributed by atoms with Gasteiger partial charge in [0.05, 0.1) is 15.3 Å². The summed E-state index contributed by atoms with van der Waals surface area (Å²) in [5, 5.41) is 9.81. The monoisotopic (exact) mass is 231 g/mol. The molecule has 1 aromatic rings. The Morgan fingerprint density at radius 1 is 1.71 bits per heavy atom. The summed E-state index contributed by atoms with van der Waals surface area (Å²) in [5.41, 5.74) is 0. The molecule has 0 bridgehead atoms. The number of aliphatic carboxylic acids is 1. The quantitative estimate of drug-likeness (QED) is 0.868. The predicted molar refractivity (Wildman–Crippen MR) is 57.3 cm³/mol. The van der Waals surface area contributed by atoms with Crippen LogP contribution >= 0.6 is 22.9 Å². The number of hydrogen-bond donors (Lipinski definition) is 1. The number of carbonyl (C=O) groups is 1. The van der Waals surface area contributed by atoms with Crippen molar-refractivity contribution >= 4 is 33.9 Å². The summed E-state index contributed by atoms with van der Waals surface area (Å²) in [4.78, 5) is 12.7. The molecule has 3 nitrogen and oxygen atoms in total. The summed E-state index contributed by atoms with van der Waals surface area (Å²) in [6.07, 6.45) is 0.737. The lowest BCUT2D eigenvalue weighted by Crippen LogP contribution is -2.22. The number of rotatable bonds is 3. The first kappa shape index (κ1) is 9.80. The third-order valence-corrected chi connectivity index (χ3v) is 3.80. The van der Waals surface area contributed by atoms with Gasteiger partial charge >= 0.3 is 5.97 Å². The van der Waals surface area contributed by atoms with E-state index in [1.807, 2.05) is 24.1 Å². The molecule has 1 fully saturated rings. The van der Waals surface area contributed by atoms with Gasteiger partial charge in [0, 0.05) is 13.1 Å². The summed E-state index contributed by atoms with van der Waals surface area (Å²) in [6, 6.07) is 3.89. The van der Waals surface area contributed by atoms with Crippen LogP contribution in [0.5, 0.6) is 0 Å². The third kappa shape index (κ3) is 1.72. The van der Waals surface area contributed by atoms with Crippen LogP contribution < -0.4 is 4.90 Å². The third-order valence-electron chi connectivity index (χ3n) is 2.48. The van der Waals surface area contributed by atoms with Crippen molar-refractivity contribution in [3.8, 4) is 0 Å². The van der Waals surface area contributed by atoms with Crippen LogP contribution in [-0.2, 0) is 4.79 Å². The van der Waals surface area contributed by atoms with E-state index in [1.165, 1.54) is 11.3 Å². The molecule has 2 atom stereocenters. The van der Waals surface area contributed by atoms with Crippen LogP contribution in [0.4, 0.5) is 5.00 Å². The van der Waals surface area contributed by atoms with Crippen molar-refractivity contribution < 1.29 is 9.90 Å². The zero-order valence-corrected chi connectivity index (χ0v) is 9.18. The number of nitrogens with zero attached hydrogens (tertiary/aromatic N) is 1. The Kier molecular flexibility index (Phi) is 2.41. The molecule has 1 aromatic heterocycles. The molecule has 2 rings (SSSR count). The Hall–Kier alpha value is -0.740. The van der Waals surface area contributed by atoms with Gasteiger partial charge in [-0.1, -0.05) is 11.6 Å². The zero-order chi connectivity index (χ0) is 10.3. The lowest BCUT2D eigenvalue weighted by Gasteiger charge is -2.15. The van der Waals surface area contributed by atoms with E-state index in [-0.39, 0.29) is 12.0 Å². The largest absolute Gasteiger partial charge is 0.481 e. The SMILES string of the molecule is CN(c1ccc(Cl)s1)C1CC1C(=O)O. The van der Waals surface area contributed by atoms with Crippen LogP contribution in [-0.4, -0.2) is 24.2 Å². The summed E-state index contributed by atoms with van der Waals surface area (Å²) in [6.45, 7) is 0. The fourth-order valence-electron chi connectivity index (χ4n) is 1.53. The fourth-order valence-corrected chi connectivity index (χ4v) is 2.58. The van der Waals surface area contributed by atoms with Gasteiger partial charge in [-0.25, -0.2) is 0 Å². The Morgan fingerprint density at radius 3 is 2.86 bits per heavy atom. The summed E-state index contributed by atoms with van der Waals surface area (Å²) in [5.74, 6) is -0.912. The highest BCUT2D eigenvalue weighted by Gasteiger charge is 2.46. The highest BCUT2D eigenvalue weighted by molar-refractivity contribution is 7.19. The number of anilines is 1. The molecule has 1 aliphatic rings. The number of carboxylic acids is 1. The van der Waals surface area contributed by atoms with Crippen molar-refractivity contribution in [3.05, 3.63) is 16.5 Å². The first-order valence-corrected chi connectivity index (χ1v) is 5.50. The minimum Gasteiger partial charge on any atom is -0.481 e. The van der Waals surface area contributed by atoms with E-state index in [0.29, 0.717) is 0 Å². The first-order chi connectivity index (χ1) is 6.59. The average Bonchev–Trinajstić information content (AvgIpc) is 2.82. The van der Waals surface area contributed by atoms with Gasteiger partial charge in [0.2, 0.25) is 0 Å². The normalized spacial score (nSPS) is 24.7. The van der Waals surface area contributed by atoms with Crippen LogP contribution in [0.2, 0.25) is 4.34 Å². The van der Waals surface area contributed by atoms with Gasteiger partial charge in [-0.3, -0.25) is 4.79 Å². The van der Waals surface area contributed by atoms with Crippen LogP contribution in [0.1, 0.15) is 6.42 Å². The van der Waals surface area contributed by atoms with Gasteiger partial charge in [0.1, 0.15) is 0 Å². The van der Waals surface area contributed by atoms with E-state index < -0.39 is 5.97 Å². The molecule has 1 heterocycles. The molecule has 1 saturated carbocycles. The van der Waals surface area contributed by atoms with E-state index in [9.17, 15) is 4.79 Å². The molecular weight excluding hydrogens is 222 g/mol. The Morgan fingerprint density at radius 2 is 2.43 bits per heavy atom. The molecule has 0 spiro atoms. The molecular formula is C9H10ClNO2S. The molecule has 5 heteroatoms. The second kappa shape index (κ2) is 3.44. The molecule has 0 aromatic carbocycles. The van der Waals surface area contributed by atoms with Crippen molar-refractivity contribution in [3.63, 3.8) is 0 Å². The second-order valence-electron chi connectivity index (χ2n) is 3.44. The highest BCUT2D eigenvalue weighted by atomic mass is 35.5. The van der Waals surface area contributed by atoms with Crippen molar-refractivity contribution in [2.75, 3.05) is 11.9 Å². The fraction of sp³-hybridized carbons (Fsp3) is 0.444. The zero-order valence-electron chi connectivity index (χ0n) is 7.61. The number of hydrogen-bond acceptors (Lipinski definition) is 3. The second-order valence-corrected chi connectivity index (χ2v) is 5.13. The van der Waals surface area contributed by atoms with Crippen LogP contribution in [0, 0.1) is 5.92 Å². The van der Waals surface area contributed by atoms with Crippen molar-refractivity contribution in [1.29, 1.82) is 0 Å². The van der Waals surface area contributed by atoms with E-state index in [4.69, 9.17) is 16.7 Å². The molecule has 0 aliphatic heterocycles. The standard InChI is InChI=1S/C9H10ClNO2S/c1-11(6-4-5(6)9(12)13)8-3-2-7(10)14-8/h2-3,5-6H,4H2,1H3,(H,12,13). The molecule has 1 aliphatic carbocycles. The van der Waals surface area contributed by atoms with Gasteiger partial charge in [0.15, 0.2) is 0 Å². The molecule has 76 valence electrons. The highest BCUT2D eigenvalue weighted by Crippen LogP contribution is 2.40. The van der Waals surface area contributed by atoms with E-state index in [1.54, 1.807) is 0 Å². The number of halogens is 1. The maximum Gasteiger partial charge on any atom is 0.308 e. The summed E-state index contributed by atoms with van der Waals surface area (Å²) >= 11 is 7.28. The number of carboxylic acid groups (broad SMARTS) is 1. The van der Waals surface area contributed by atoms with Crippen LogP contribution in [0.15, 0.2) is 12.1 Å². The average molecular weight is 232 g/mol. The Labute approximate surface area is 90.9 Å². The smallest absolute Gasteiger partial charge is 0.308 e. The van der Waals surface area contributed by atoms with Gasteiger partial charge in [-0.05, 0) is 18.6 Å². The Bertz CT molecular complexity index is 365. The molecule has 2 unspecified atom stereocenters. The minimum atomic E-state index is -0.704. The molecule has 0 amide bonds.